The Morgan fingerprint density at radius 1 is 1.29 bits per heavy atom. The minimum absolute atomic E-state index is 0.0339. The third-order valence-electron chi connectivity index (χ3n) is 5.51. The van der Waals surface area contributed by atoms with Crippen LogP contribution < -0.4 is 10.1 Å². The van der Waals surface area contributed by atoms with E-state index in [0.29, 0.717) is 19.1 Å². The molecule has 0 spiro atoms. The zero-order valence-corrected chi connectivity index (χ0v) is 18.8. The number of likely N-dealkylation sites (tertiary alicyclic amines) is 1. The number of likely N-dealkylation sites (N-methyl/N-ethyl adjacent to an activating group) is 1. The fourth-order valence-corrected chi connectivity index (χ4v) is 3.57. The van der Waals surface area contributed by atoms with Gasteiger partial charge in [0.2, 0.25) is 0 Å². The lowest BCUT2D eigenvalue weighted by molar-refractivity contribution is -0.385. The molecule has 0 bridgehead atoms. The molecule has 0 radical (unpaired) electrons. The molecular formula is C23H25F3N4O4. The number of nitro benzene ring substituents is 1. The Kier molecular flexibility index (Phi) is 7.57. The third-order valence-corrected chi connectivity index (χ3v) is 5.51. The number of ether oxygens (including phenoxy) is 1. The average molecular weight is 478 g/mol. The first-order valence-electron chi connectivity index (χ1n) is 10.4. The van der Waals surface area contributed by atoms with Gasteiger partial charge in [0.1, 0.15) is 6.61 Å². The number of rotatable bonds is 9. The number of amides is 1. The van der Waals surface area contributed by atoms with Crippen molar-refractivity contribution < 1.29 is 27.6 Å². The van der Waals surface area contributed by atoms with Gasteiger partial charge in [0.05, 0.1) is 10.5 Å². The highest BCUT2D eigenvalue weighted by atomic mass is 19.4. The van der Waals surface area contributed by atoms with Gasteiger partial charge in [-0.15, -0.1) is 0 Å². The summed E-state index contributed by atoms with van der Waals surface area (Å²) in [6.07, 6.45) is -3.19. The number of carbonyl (C=O) groups excluding carboxylic acids is 1. The molecule has 1 heterocycles. The molecule has 0 unspecified atom stereocenters. The summed E-state index contributed by atoms with van der Waals surface area (Å²) in [5.41, 5.74) is -1.32. The summed E-state index contributed by atoms with van der Waals surface area (Å²) < 4.78 is 46.4. The van der Waals surface area contributed by atoms with Crippen molar-refractivity contribution in [3.63, 3.8) is 0 Å². The van der Waals surface area contributed by atoms with Crippen LogP contribution in [-0.4, -0.2) is 60.5 Å². The Morgan fingerprint density at radius 3 is 2.59 bits per heavy atom. The summed E-state index contributed by atoms with van der Waals surface area (Å²) in [5, 5.41) is 13.7. The number of halogens is 3. The maximum Gasteiger partial charge on any atom is 0.416 e. The van der Waals surface area contributed by atoms with Crippen LogP contribution in [0.2, 0.25) is 0 Å². The number of nitrogens with zero attached hydrogens (tertiary/aromatic N) is 3. The lowest BCUT2D eigenvalue weighted by Gasteiger charge is -2.43. The van der Waals surface area contributed by atoms with Crippen LogP contribution in [0, 0.1) is 10.1 Å². The zero-order chi connectivity index (χ0) is 25.0. The number of nitrogens with one attached hydrogen (secondary N) is 1. The van der Waals surface area contributed by atoms with E-state index in [0.717, 1.165) is 12.1 Å². The van der Waals surface area contributed by atoms with Crippen molar-refractivity contribution >= 4 is 17.3 Å². The Bertz CT molecular complexity index is 1080. The molecular weight excluding hydrogens is 453 g/mol. The van der Waals surface area contributed by atoms with Gasteiger partial charge in [-0.2, -0.15) is 13.2 Å². The highest BCUT2D eigenvalue weighted by Crippen LogP contribution is 2.35. The van der Waals surface area contributed by atoms with Crippen molar-refractivity contribution in [2.75, 3.05) is 39.1 Å². The fraction of sp³-hybridized carbons (Fsp3) is 0.348. The number of hydrogen-bond donors (Lipinski definition) is 1. The van der Waals surface area contributed by atoms with Gasteiger partial charge >= 0.3 is 11.9 Å². The van der Waals surface area contributed by atoms with E-state index in [-0.39, 0.29) is 35.7 Å². The van der Waals surface area contributed by atoms with Gasteiger partial charge in [-0.25, -0.2) is 0 Å². The zero-order valence-electron chi connectivity index (χ0n) is 18.8. The molecule has 1 saturated heterocycles. The van der Waals surface area contributed by atoms with E-state index in [2.05, 4.69) is 11.9 Å². The molecule has 2 aromatic carbocycles. The van der Waals surface area contributed by atoms with E-state index in [1.165, 1.54) is 30.3 Å². The van der Waals surface area contributed by atoms with Crippen LogP contribution in [0.5, 0.6) is 5.75 Å². The van der Waals surface area contributed by atoms with E-state index in [1.807, 2.05) is 23.9 Å². The van der Waals surface area contributed by atoms with E-state index < -0.39 is 28.3 Å². The molecule has 8 nitrogen and oxygen atoms in total. The van der Waals surface area contributed by atoms with Crippen molar-refractivity contribution in [1.82, 2.24) is 9.80 Å². The first-order valence-corrected chi connectivity index (χ1v) is 10.4. The molecule has 1 aliphatic heterocycles. The van der Waals surface area contributed by atoms with E-state index in [4.69, 9.17) is 4.74 Å². The van der Waals surface area contributed by atoms with Crippen molar-refractivity contribution in [2.45, 2.75) is 18.8 Å². The molecule has 1 aliphatic rings. The largest absolute Gasteiger partial charge is 0.483 e. The van der Waals surface area contributed by atoms with Crippen molar-refractivity contribution in [3.8, 4) is 5.75 Å². The van der Waals surface area contributed by atoms with Gasteiger partial charge in [-0.3, -0.25) is 19.8 Å². The quantitative estimate of drug-likeness (QED) is 0.331. The average Bonchev–Trinajstić information content (AvgIpc) is 2.73. The molecule has 1 N–H and O–H groups in total. The van der Waals surface area contributed by atoms with Crippen LogP contribution in [0.15, 0.2) is 49.1 Å². The predicted octanol–water partition coefficient (Wildman–Crippen LogP) is 4.18. The number of hydrogen-bond acceptors (Lipinski definition) is 6. The van der Waals surface area contributed by atoms with Gasteiger partial charge in [0.15, 0.2) is 5.75 Å². The monoisotopic (exact) mass is 478 g/mol. The van der Waals surface area contributed by atoms with Crippen LogP contribution in [0.4, 0.5) is 24.5 Å². The molecule has 0 atom stereocenters. The van der Waals surface area contributed by atoms with Gasteiger partial charge in [-0.05, 0) is 43.9 Å². The van der Waals surface area contributed by atoms with Crippen LogP contribution in [-0.2, 0) is 12.7 Å². The Hall–Kier alpha value is -3.44. The number of carbonyl (C=O) groups is 1. The van der Waals surface area contributed by atoms with Crippen LogP contribution in [0.1, 0.15) is 21.5 Å². The first kappa shape index (κ1) is 25.2. The molecule has 1 amide bonds. The summed E-state index contributed by atoms with van der Waals surface area (Å²) in [6, 6.07) is 7.49. The number of nitro groups is 1. The summed E-state index contributed by atoms with van der Waals surface area (Å²) in [7, 11) is 3.86. The van der Waals surface area contributed by atoms with Gasteiger partial charge < -0.3 is 15.0 Å². The Labute approximate surface area is 194 Å². The molecule has 3 rings (SSSR count). The minimum atomic E-state index is -4.61. The van der Waals surface area contributed by atoms with Crippen LogP contribution in [0.25, 0.3) is 0 Å². The number of benzene rings is 2. The molecule has 0 aliphatic carbocycles. The second-order valence-corrected chi connectivity index (χ2v) is 8.17. The second kappa shape index (κ2) is 10.2. The smallest absolute Gasteiger partial charge is 0.416 e. The minimum Gasteiger partial charge on any atom is -0.483 e. The van der Waals surface area contributed by atoms with E-state index in [1.54, 1.807) is 0 Å². The predicted molar refractivity (Wildman–Crippen MR) is 121 cm³/mol. The molecule has 11 heteroatoms. The summed E-state index contributed by atoms with van der Waals surface area (Å²) in [6.45, 7) is 4.99. The molecule has 0 aromatic heterocycles. The molecule has 0 saturated carbocycles. The molecule has 34 heavy (non-hydrogen) atoms. The highest BCUT2D eigenvalue weighted by molar-refractivity contribution is 6.04. The lowest BCUT2D eigenvalue weighted by Crippen LogP contribution is -2.56. The van der Waals surface area contributed by atoms with Gasteiger partial charge in [0.25, 0.3) is 5.91 Å². The number of anilines is 1. The summed E-state index contributed by atoms with van der Waals surface area (Å²) in [5.74, 6) is -0.830. The van der Waals surface area contributed by atoms with E-state index in [9.17, 15) is 28.1 Å². The van der Waals surface area contributed by atoms with Crippen molar-refractivity contribution in [2.24, 2.45) is 0 Å². The molecule has 2 aromatic rings. The first-order chi connectivity index (χ1) is 16.0. The SMILES string of the molecule is C=CCOc1ccc(C(=O)Nc2ccc(CN3CC(N(C)C)C3)c(C(F)(F)F)c2)cc1[N+](=O)[O-]. The van der Waals surface area contributed by atoms with Crippen LogP contribution >= 0.6 is 0 Å². The summed E-state index contributed by atoms with van der Waals surface area (Å²) in [4.78, 5) is 27.2. The van der Waals surface area contributed by atoms with E-state index >= 15 is 0 Å². The maximum absolute atomic E-state index is 13.7. The highest BCUT2D eigenvalue weighted by Gasteiger charge is 2.36. The normalized spacial score (nSPS) is 14.5. The summed E-state index contributed by atoms with van der Waals surface area (Å²) >= 11 is 0. The van der Waals surface area contributed by atoms with Gasteiger partial charge in [-0.1, -0.05) is 18.7 Å². The molecule has 1 fully saturated rings. The molecule has 182 valence electrons. The van der Waals surface area contributed by atoms with Crippen molar-refractivity contribution in [3.05, 3.63) is 75.9 Å². The lowest BCUT2D eigenvalue weighted by atomic mass is 10.0. The van der Waals surface area contributed by atoms with Crippen molar-refractivity contribution in [1.29, 1.82) is 0 Å². The standard InChI is InChI=1S/C23H25F3N4O4/c1-4-9-34-21-8-6-15(10-20(21)30(32)33)22(31)27-17-7-5-16(19(11-17)23(24,25)26)12-29-13-18(14-29)28(2)3/h4-8,10-11,18H,1,9,12-14H2,2-3H3,(H,27,31). The number of alkyl halides is 3. The van der Waals surface area contributed by atoms with Crippen LogP contribution in [0.3, 0.4) is 0 Å². The fourth-order valence-electron chi connectivity index (χ4n) is 3.57. The topological polar surface area (TPSA) is 88.0 Å². The Balaban J connectivity index is 1.78. The second-order valence-electron chi connectivity index (χ2n) is 8.17. The third kappa shape index (κ3) is 5.91. The Morgan fingerprint density at radius 2 is 2.00 bits per heavy atom. The van der Waals surface area contributed by atoms with Gasteiger partial charge in [0, 0.05) is 43.0 Å². The maximum atomic E-state index is 13.7.